The Labute approximate surface area is 376 Å². The minimum absolute atomic E-state index is 0.0264. The molecular formula is C42H64F2N10O8S2. The first-order valence-electron chi connectivity index (χ1n) is 20.4. The number of nitrogens with zero attached hydrogens (tertiary/aromatic N) is 7. The third-order valence-corrected chi connectivity index (χ3v) is 11.7. The van der Waals surface area contributed by atoms with Crippen LogP contribution in [0.15, 0.2) is 46.5 Å². The Balaban J connectivity index is 0.000000368. The summed E-state index contributed by atoms with van der Waals surface area (Å²) < 4.78 is 85.0. The first-order chi connectivity index (χ1) is 29.7. The molecule has 2 aromatic carbocycles. The lowest BCUT2D eigenvalue weighted by Gasteiger charge is -2.20. The van der Waals surface area contributed by atoms with Gasteiger partial charge in [-0.05, 0) is 73.2 Å². The summed E-state index contributed by atoms with van der Waals surface area (Å²) >= 11 is 0. The van der Waals surface area contributed by atoms with E-state index in [-0.39, 0.29) is 52.8 Å². The average molecular weight is 939 g/mol. The molecule has 6 N–H and O–H groups in total. The van der Waals surface area contributed by atoms with Crippen molar-refractivity contribution in [3.05, 3.63) is 81.7 Å². The summed E-state index contributed by atoms with van der Waals surface area (Å²) in [6, 6.07) is 7.41. The van der Waals surface area contributed by atoms with Gasteiger partial charge in [0, 0.05) is 69.2 Å². The van der Waals surface area contributed by atoms with E-state index in [0.717, 1.165) is 16.8 Å². The first kappa shape index (κ1) is 55.1. The number of carbonyl (C=O) groups is 1. The monoisotopic (exact) mass is 938 g/mol. The summed E-state index contributed by atoms with van der Waals surface area (Å²) in [5.41, 5.74) is 4.36. The maximum Gasteiger partial charge on any atom is 0.333 e. The van der Waals surface area contributed by atoms with Crippen LogP contribution in [0.1, 0.15) is 113 Å². The van der Waals surface area contributed by atoms with E-state index in [1.54, 1.807) is 27.4 Å². The second kappa shape index (κ2) is 24.3. The molecule has 2 amide bonds. The zero-order chi connectivity index (χ0) is 48.9. The quantitative estimate of drug-likeness (QED) is 0.0859. The van der Waals surface area contributed by atoms with Crippen molar-refractivity contribution in [2.24, 2.45) is 19.2 Å². The largest absolute Gasteiger partial charge is 0.395 e. The van der Waals surface area contributed by atoms with Gasteiger partial charge in [-0.2, -0.15) is 18.6 Å². The molecule has 0 atom stereocenters. The number of nitrogens with one attached hydrogen (secondary N) is 2. The molecule has 0 radical (unpaired) electrons. The molecule has 0 saturated carbocycles. The smallest absolute Gasteiger partial charge is 0.333 e. The Kier molecular flexibility index (Phi) is 20.9. The third-order valence-electron chi connectivity index (χ3n) is 9.68. The van der Waals surface area contributed by atoms with E-state index in [2.05, 4.69) is 15.5 Å². The number of primary sulfonamides is 1. The molecule has 2 heterocycles. The van der Waals surface area contributed by atoms with Crippen molar-refractivity contribution in [1.29, 1.82) is 5.26 Å². The number of aliphatic hydroxyl groups is 2. The van der Waals surface area contributed by atoms with Crippen LogP contribution >= 0.6 is 0 Å². The molecule has 0 fully saturated rings. The fraction of sp³-hybridized carbons (Fsp3) is 0.524. The van der Waals surface area contributed by atoms with E-state index in [1.807, 2.05) is 77.0 Å². The summed E-state index contributed by atoms with van der Waals surface area (Å²) in [4.78, 5) is 16.3. The number of sulfonamides is 2. The number of likely N-dealkylation sites (N-methyl/N-ethyl adjacent to an activating group) is 2. The third kappa shape index (κ3) is 16.2. The molecule has 2 aromatic heterocycles. The minimum atomic E-state index is -4.24. The fourth-order valence-electron chi connectivity index (χ4n) is 6.25. The van der Waals surface area contributed by atoms with Gasteiger partial charge in [0.1, 0.15) is 17.4 Å². The van der Waals surface area contributed by atoms with Crippen molar-refractivity contribution in [1.82, 2.24) is 34.1 Å². The number of halogens is 2. The lowest BCUT2D eigenvalue weighted by molar-refractivity contribution is 0.214. The highest BCUT2D eigenvalue weighted by atomic mass is 32.2. The Bertz CT molecular complexity index is 2390. The molecule has 0 bridgehead atoms. The van der Waals surface area contributed by atoms with E-state index in [1.165, 1.54) is 45.8 Å². The van der Waals surface area contributed by atoms with Gasteiger partial charge in [-0.15, -0.1) is 5.26 Å². The molecule has 0 aliphatic rings. The number of amides is 2. The summed E-state index contributed by atoms with van der Waals surface area (Å²) in [6.07, 6.45) is 1.67. The summed E-state index contributed by atoms with van der Waals surface area (Å²) in [5, 5.41) is 41.4. The first-order valence-corrected chi connectivity index (χ1v) is 23.4. The lowest BCUT2D eigenvalue weighted by Crippen LogP contribution is -2.35. The number of benzene rings is 2. The van der Waals surface area contributed by atoms with Crippen molar-refractivity contribution in [2.75, 3.05) is 45.7 Å². The van der Waals surface area contributed by atoms with Crippen molar-refractivity contribution >= 4 is 31.8 Å². The molecule has 4 rings (SSSR count). The summed E-state index contributed by atoms with van der Waals surface area (Å²) in [7, 11) is -1.14. The number of hydrogen-bond donors (Lipinski definition) is 5. The van der Waals surface area contributed by atoms with Gasteiger partial charge in [-0.1, -0.05) is 55.4 Å². The standard InChI is InChI=1S/C21H32FN5O4S.C13H16FNO.C8H16N4O3S/c1-13(2)17-9-15(22)10-18(14(3)4)20(17)23-21(29)25-32(30,31)19-11-16(27(6)24-19)12-26(5)7-8-28;1-8(2)11-5-10(14)6-12(9(3)4)13(11)16-7-15;1-11(3-4-13)6-7-5-8(10-12(7)2)16(9,14)15/h9-11,13-14,28H,7-8,12H2,1-6H3,(H2,23,25,29);5-6,8-9H,1-4H3;5,13H,3-4,6H2,1-2H3,(H2,9,14,15). The predicted molar refractivity (Wildman–Crippen MR) is 239 cm³/mol. The van der Waals surface area contributed by atoms with Crippen molar-refractivity contribution in [3.63, 3.8) is 0 Å². The van der Waals surface area contributed by atoms with Crippen LogP contribution in [0, 0.1) is 23.2 Å². The molecule has 0 aliphatic heterocycles. The molecule has 0 unspecified atom stereocenters. The number of nitrogens with two attached hydrogens (primary N) is 1. The number of rotatable bonds is 17. The molecule has 18 nitrogen and oxygen atoms in total. The average Bonchev–Trinajstić information content (AvgIpc) is 3.74. The molecule has 64 heavy (non-hydrogen) atoms. The molecule has 22 heteroatoms. The molecule has 4 aromatic rings. The second-order valence-electron chi connectivity index (χ2n) is 16.4. The fourth-order valence-corrected chi connectivity index (χ4v) is 7.71. The minimum Gasteiger partial charge on any atom is -0.395 e. The van der Waals surface area contributed by atoms with Gasteiger partial charge < -0.3 is 20.3 Å². The van der Waals surface area contributed by atoms with Crippen LogP contribution in [-0.4, -0.2) is 103 Å². The van der Waals surface area contributed by atoms with E-state index < -0.39 is 31.9 Å². The Hall–Kier alpha value is -5.02. The topological polar surface area (TPSA) is 251 Å². The maximum absolute atomic E-state index is 14.1. The normalized spacial score (nSPS) is 11.8. The molecule has 356 valence electrons. The van der Waals surface area contributed by atoms with E-state index in [0.29, 0.717) is 54.4 Å². The van der Waals surface area contributed by atoms with E-state index in [9.17, 15) is 30.4 Å². The Morgan fingerprint density at radius 1 is 0.750 bits per heavy atom. The zero-order valence-electron chi connectivity index (χ0n) is 38.6. The van der Waals surface area contributed by atoms with Crippen LogP contribution in [0.3, 0.4) is 0 Å². The van der Waals surface area contributed by atoms with Gasteiger partial charge in [-0.3, -0.25) is 19.2 Å². The number of hydrogen-bond acceptors (Lipinski definition) is 13. The predicted octanol–water partition coefficient (Wildman–Crippen LogP) is 5.16. The number of aromatic nitrogens is 4. The zero-order valence-corrected chi connectivity index (χ0v) is 40.3. The van der Waals surface area contributed by atoms with Crippen LogP contribution in [0.5, 0.6) is 5.75 Å². The van der Waals surface area contributed by atoms with E-state index >= 15 is 0 Å². The highest BCUT2D eigenvalue weighted by Crippen LogP contribution is 2.36. The van der Waals surface area contributed by atoms with Crippen LogP contribution in [0.4, 0.5) is 19.3 Å². The lowest BCUT2D eigenvalue weighted by atomic mass is 9.92. The molecular weight excluding hydrogens is 875 g/mol. The van der Waals surface area contributed by atoms with Crippen molar-refractivity contribution in [2.45, 2.75) is 102 Å². The number of nitriles is 1. The number of aliphatic hydroxyl groups excluding tert-OH is 2. The number of urea groups is 1. The second-order valence-corrected chi connectivity index (χ2v) is 19.5. The van der Waals surface area contributed by atoms with Crippen LogP contribution in [0.2, 0.25) is 0 Å². The van der Waals surface area contributed by atoms with Gasteiger partial charge in [0.15, 0.2) is 10.1 Å². The van der Waals surface area contributed by atoms with Gasteiger partial charge in [0.2, 0.25) is 0 Å². The van der Waals surface area contributed by atoms with Crippen LogP contribution in [0.25, 0.3) is 0 Å². The van der Waals surface area contributed by atoms with Gasteiger partial charge >= 0.3 is 6.03 Å². The molecule has 0 spiro atoms. The number of aryl methyl sites for hydroxylation is 2. The van der Waals surface area contributed by atoms with Gasteiger partial charge in [0.05, 0.1) is 24.6 Å². The highest BCUT2D eigenvalue weighted by molar-refractivity contribution is 7.90. The summed E-state index contributed by atoms with van der Waals surface area (Å²) in [6.45, 7) is 17.1. The van der Waals surface area contributed by atoms with Crippen molar-refractivity contribution in [3.8, 4) is 12.0 Å². The van der Waals surface area contributed by atoms with Gasteiger partial charge in [-0.25, -0.2) is 31.9 Å². The van der Waals surface area contributed by atoms with Crippen molar-refractivity contribution < 1.29 is 45.4 Å². The number of ether oxygens (including phenoxy) is 1. The number of anilines is 1. The summed E-state index contributed by atoms with van der Waals surface area (Å²) in [5.74, 6) is -0.128. The maximum atomic E-state index is 14.1. The molecule has 0 saturated heterocycles. The highest BCUT2D eigenvalue weighted by Gasteiger charge is 2.25. The van der Waals surface area contributed by atoms with Crippen LogP contribution < -0.4 is 19.9 Å². The SMILES string of the molecule is CC(C)c1cc(F)cc(C(C)C)c1NC(=O)NS(=O)(=O)c1cc(CN(C)CCO)n(C)n1.CC(C)c1cc(F)cc(C(C)C)c1OC#N.CN(CCO)Cc1cc(S(N)(=O)=O)nn1C. The number of carbonyl (C=O) groups excluding carboxylic acids is 1. The molecule has 0 aliphatic carbocycles. The Morgan fingerprint density at radius 3 is 1.47 bits per heavy atom. The van der Waals surface area contributed by atoms with Gasteiger partial charge in [0.25, 0.3) is 26.3 Å². The van der Waals surface area contributed by atoms with Crippen LogP contribution in [-0.2, 0) is 47.2 Å². The Morgan fingerprint density at radius 2 is 1.12 bits per heavy atom. The van der Waals surface area contributed by atoms with E-state index in [4.69, 9.17) is 25.4 Å².